The average Bonchev–Trinajstić information content (AvgIpc) is 2.97. The Morgan fingerprint density at radius 3 is 2.74 bits per heavy atom. The van der Waals surface area contributed by atoms with E-state index in [1.165, 1.54) is 12.0 Å². The summed E-state index contributed by atoms with van der Waals surface area (Å²) in [6.45, 7) is 6.20. The van der Waals surface area contributed by atoms with E-state index in [4.69, 9.17) is 0 Å². The molecule has 1 aliphatic heterocycles. The number of urea groups is 1. The van der Waals surface area contributed by atoms with Crippen molar-refractivity contribution in [3.8, 4) is 0 Å². The Bertz CT molecular complexity index is 703. The zero-order valence-corrected chi connectivity index (χ0v) is 17.0. The van der Waals surface area contributed by atoms with Crippen LogP contribution in [0.3, 0.4) is 0 Å². The molecule has 0 atom stereocenters. The van der Waals surface area contributed by atoms with Crippen molar-refractivity contribution in [1.29, 1.82) is 0 Å². The number of aryl methyl sites for hydroxylation is 2. The highest BCUT2D eigenvalue weighted by atomic mass is 32.1. The quantitative estimate of drug-likeness (QED) is 0.729. The van der Waals surface area contributed by atoms with Crippen LogP contribution in [0.2, 0.25) is 0 Å². The summed E-state index contributed by atoms with van der Waals surface area (Å²) in [4.78, 5) is 21.3. The summed E-state index contributed by atoms with van der Waals surface area (Å²) >= 11 is 1.69. The lowest BCUT2D eigenvalue weighted by molar-refractivity contribution is 0.201. The highest BCUT2D eigenvalue weighted by Crippen LogP contribution is 2.21. The average molecular weight is 387 g/mol. The third-order valence-electron chi connectivity index (χ3n) is 4.92. The third-order valence-corrected chi connectivity index (χ3v) is 5.94. The van der Waals surface area contributed by atoms with Crippen LogP contribution in [0, 0.1) is 6.92 Å². The van der Waals surface area contributed by atoms with Gasteiger partial charge in [0.25, 0.3) is 0 Å². The van der Waals surface area contributed by atoms with Crippen LogP contribution >= 0.6 is 11.3 Å². The number of aromatic nitrogens is 1. The number of carbonyl (C=O) groups is 1. The molecule has 2 aromatic rings. The summed E-state index contributed by atoms with van der Waals surface area (Å²) in [5.41, 5.74) is 2.46. The number of thiazole rings is 1. The van der Waals surface area contributed by atoms with Gasteiger partial charge in [-0.15, -0.1) is 11.3 Å². The smallest absolute Gasteiger partial charge is 0.317 e. The number of anilines is 1. The van der Waals surface area contributed by atoms with Gasteiger partial charge in [0.05, 0.1) is 5.69 Å². The van der Waals surface area contributed by atoms with E-state index >= 15 is 0 Å². The summed E-state index contributed by atoms with van der Waals surface area (Å²) in [5.74, 6) is 0. The minimum Gasteiger partial charge on any atom is -0.346 e. The fourth-order valence-corrected chi connectivity index (χ4v) is 4.24. The molecular formula is C21H30N4OS. The van der Waals surface area contributed by atoms with Crippen molar-refractivity contribution in [2.45, 2.75) is 39.0 Å². The van der Waals surface area contributed by atoms with Crippen molar-refractivity contribution in [2.24, 2.45) is 0 Å². The first kappa shape index (κ1) is 19.7. The van der Waals surface area contributed by atoms with Crippen LogP contribution in [0.4, 0.5) is 9.93 Å². The normalized spacial score (nSPS) is 14.9. The first-order valence-electron chi connectivity index (χ1n) is 9.96. The van der Waals surface area contributed by atoms with Crippen molar-refractivity contribution in [2.75, 3.05) is 37.6 Å². The fourth-order valence-electron chi connectivity index (χ4n) is 3.38. The molecule has 146 valence electrons. The van der Waals surface area contributed by atoms with Crippen LogP contribution in [-0.2, 0) is 6.42 Å². The van der Waals surface area contributed by atoms with E-state index in [1.54, 1.807) is 11.3 Å². The lowest BCUT2D eigenvalue weighted by Gasteiger charge is -2.22. The molecule has 1 aliphatic rings. The second-order valence-electron chi connectivity index (χ2n) is 7.13. The molecule has 0 unspecified atom stereocenters. The number of hydrogen-bond donors (Lipinski definition) is 1. The molecule has 1 fully saturated rings. The SMILES string of the molecule is Cc1csc(N2CCCN(C(=O)NCCCCCc3ccccc3)CC2)n1. The number of unbranched alkanes of at least 4 members (excludes halogenated alkanes) is 2. The van der Waals surface area contributed by atoms with Gasteiger partial charge in [0.15, 0.2) is 5.13 Å². The molecule has 0 radical (unpaired) electrons. The maximum atomic E-state index is 12.4. The summed E-state index contributed by atoms with van der Waals surface area (Å²) in [5, 5.41) is 6.26. The monoisotopic (exact) mass is 386 g/mol. The van der Waals surface area contributed by atoms with E-state index in [0.29, 0.717) is 0 Å². The molecule has 5 nitrogen and oxygen atoms in total. The fraction of sp³-hybridized carbons (Fsp3) is 0.524. The van der Waals surface area contributed by atoms with Crippen LogP contribution in [0.5, 0.6) is 0 Å². The Kier molecular flexibility index (Phi) is 7.51. The summed E-state index contributed by atoms with van der Waals surface area (Å²) in [7, 11) is 0. The Balaban J connectivity index is 1.31. The molecule has 2 amide bonds. The maximum absolute atomic E-state index is 12.4. The predicted octanol–water partition coefficient (Wildman–Crippen LogP) is 4.09. The Labute approximate surface area is 166 Å². The molecule has 1 N–H and O–H groups in total. The number of nitrogens with zero attached hydrogens (tertiary/aromatic N) is 3. The van der Waals surface area contributed by atoms with Crippen molar-refractivity contribution in [3.63, 3.8) is 0 Å². The number of amides is 2. The van der Waals surface area contributed by atoms with Crippen molar-refractivity contribution >= 4 is 22.5 Å². The lowest BCUT2D eigenvalue weighted by atomic mass is 10.1. The largest absolute Gasteiger partial charge is 0.346 e. The minimum atomic E-state index is 0.0789. The number of carbonyl (C=O) groups excluding carboxylic acids is 1. The molecule has 3 rings (SSSR count). The predicted molar refractivity (Wildman–Crippen MR) is 113 cm³/mol. The summed E-state index contributed by atoms with van der Waals surface area (Å²) in [6.07, 6.45) is 5.46. The zero-order chi connectivity index (χ0) is 18.9. The van der Waals surface area contributed by atoms with Gasteiger partial charge < -0.3 is 15.1 Å². The number of nitrogens with one attached hydrogen (secondary N) is 1. The number of hydrogen-bond acceptors (Lipinski definition) is 4. The van der Waals surface area contributed by atoms with Gasteiger partial charge in [0, 0.05) is 38.1 Å². The Hall–Kier alpha value is -2.08. The molecule has 27 heavy (non-hydrogen) atoms. The first-order chi connectivity index (χ1) is 13.2. The summed E-state index contributed by atoms with van der Waals surface area (Å²) in [6, 6.07) is 10.7. The minimum absolute atomic E-state index is 0.0789. The lowest BCUT2D eigenvalue weighted by Crippen LogP contribution is -2.42. The van der Waals surface area contributed by atoms with Crippen LogP contribution in [0.15, 0.2) is 35.7 Å². The van der Waals surface area contributed by atoms with Crippen molar-refractivity contribution in [1.82, 2.24) is 15.2 Å². The van der Waals surface area contributed by atoms with Gasteiger partial charge >= 0.3 is 6.03 Å². The Morgan fingerprint density at radius 1 is 1.11 bits per heavy atom. The van der Waals surface area contributed by atoms with E-state index in [2.05, 4.69) is 50.9 Å². The molecule has 1 aromatic heterocycles. The van der Waals surface area contributed by atoms with Gasteiger partial charge in [-0.25, -0.2) is 9.78 Å². The van der Waals surface area contributed by atoms with Crippen LogP contribution in [0.25, 0.3) is 0 Å². The topological polar surface area (TPSA) is 48.5 Å². The van der Waals surface area contributed by atoms with Gasteiger partial charge in [-0.2, -0.15) is 0 Å². The molecule has 0 spiro atoms. The number of rotatable bonds is 7. The van der Waals surface area contributed by atoms with Gasteiger partial charge in [0.1, 0.15) is 0 Å². The van der Waals surface area contributed by atoms with Crippen LogP contribution < -0.4 is 10.2 Å². The summed E-state index contributed by atoms with van der Waals surface area (Å²) < 4.78 is 0. The van der Waals surface area contributed by atoms with Gasteiger partial charge in [-0.05, 0) is 38.2 Å². The molecular weight excluding hydrogens is 356 g/mol. The van der Waals surface area contributed by atoms with Gasteiger partial charge in [-0.3, -0.25) is 0 Å². The van der Waals surface area contributed by atoms with Crippen molar-refractivity contribution < 1.29 is 4.79 Å². The van der Waals surface area contributed by atoms with E-state index in [9.17, 15) is 4.79 Å². The van der Waals surface area contributed by atoms with Crippen molar-refractivity contribution in [3.05, 3.63) is 47.0 Å². The van der Waals surface area contributed by atoms with E-state index in [-0.39, 0.29) is 6.03 Å². The molecule has 0 aliphatic carbocycles. The molecule has 1 aromatic carbocycles. The van der Waals surface area contributed by atoms with E-state index in [1.807, 2.05) is 11.8 Å². The molecule has 1 saturated heterocycles. The second kappa shape index (κ2) is 10.3. The molecule has 2 heterocycles. The molecule has 0 bridgehead atoms. The molecule has 6 heteroatoms. The van der Waals surface area contributed by atoms with Crippen LogP contribution in [0.1, 0.15) is 36.9 Å². The van der Waals surface area contributed by atoms with E-state index < -0.39 is 0 Å². The van der Waals surface area contributed by atoms with Gasteiger partial charge in [0.2, 0.25) is 0 Å². The molecule has 0 saturated carbocycles. The first-order valence-corrected chi connectivity index (χ1v) is 10.8. The standard InChI is InChI=1S/C21H30N4OS/c1-18-17-27-21(23-18)25-14-8-13-24(15-16-25)20(26)22-12-7-3-6-11-19-9-4-2-5-10-19/h2,4-5,9-10,17H,3,6-8,11-16H2,1H3,(H,22,26). The Morgan fingerprint density at radius 2 is 1.96 bits per heavy atom. The zero-order valence-electron chi connectivity index (χ0n) is 16.2. The maximum Gasteiger partial charge on any atom is 0.317 e. The second-order valence-corrected chi connectivity index (χ2v) is 7.96. The highest BCUT2D eigenvalue weighted by Gasteiger charge is 2.20. The van der Waals surface area contributed by atoms with E-state index in [0.717, 1.165) is 69.2 Å². The highest BCUT2D eigenvalue weighted by molar-refractivity contribution is 7.13. The van der Waals surface area contributed by atoms with Crippen LogP contribution in [-0.4, -0.2) is 48.6 Å². The van der Waals surface area contributed by atoms with Gasteiger partial charge in [-0.1, -0.05) is 36.8 Å². The third kappa shape index (κ3) is 6.24. The number of benzene rings is 1.